The molecule has 1 amide bonds. The molecule has 6 rings (SSSR count). The summed E-state index contributed by atoms with van der Waals surface area (Å²) < 4.78 is 40.2. The van der Waals surface area contributed by atoms with Gasteiger partial charge in [-0.05, 0) is 41.0 Å². The zero-order chi connectivity index (χ0) is 36.5. The number of ketones is 1. The van der Waals surface area contributed by atoms with Gasteiger partial charge in [0.1, 0.15) is 12.3 Å². The molecule has 0 fully saturated rings. The summed E-state index contributed by atoms with van der Waals surface area (Å²) in [6.45, 7) is -0.581. The number of benzene rings is 3. The van der Waals surface area contributed by atoms with Gasteiger partial charge >= 0.3 is 6.09 Å². The van der Waals surface area contributed by atoms with Crippen molar-refractivity contribution in [1.29, 1.82) is 0 Å². The molecule has 0 unspecified atom stereocenters. The molecule has 0 radical (unpaired) electrons. The summed E-state index contributed by atoms with van der Waals surface area (Å²) in [6.07, 6.45) is 5.12. The monoisotopic (exact) mass is 757 g/mol. The predicted octanol–water partition coefficient (Wildman–Crippen LogP) is 5.69. The number of aliphatic hydroxyl groups excluding tert-OH is 1. The average molecular weight is 758 g/mol. The Hall–Kier alpha value is -4.93. The van der Waals surface area contributed by atoms with E-state index in [0.29, 0.717) is 26.2 Å². The van der Waals surface area contributed by atoms with Crippen molar-refractivity contribution in [1.82, 2.24) is 24.7 Å². The molecule has 6 aromatic rings. The maximum Gasteiger partial charge on any atom is 0.407 e. The first-order valence-corrected chi connectivity index (χ1v) is 19.5. The fraction of sp³-hybridized carbons (Fsp3) is 0.216. The first-order chi connectivity index (χ1) is 25.3. The zero-order valence-corrected chi connectivity index (χ0v) is 30.4. The number of methoxy groups -OCH3 is 1. The highest BCUT2D eigenvalue weighted by Gasteiger charge is 2.35. The highest BCUT2D eigenvalue weighted by Crippen LogP contribution is 2.32. The van der Waals surface area contributed by atoms with Crippen LogP contribution in [-0.2, 0) is 32.5 Å². The summed E-state index contributed by atoms with van der Waals surface area (Å²) in [7, 11) is -2.88. The number of alkyl carbamates (subject to hydrolysis) is 1. The van der Waals surface area contributed by atoms with Crippen molar-refractivity contribution in [3.8, 4) is 0 Å². The van der Waals surface area contributed by atoms with E-state index in [4.69, 9.17) is 9.26 Å². The molecule has 0 saturated carbocycles. The molecule has 0 aliphatic rings. The number of hydrogen-bond acceptors (Lipinski definition) is 12. The van der Waals surface area contributed by atoms with E-state index in [1.54, 1.807) is 36.1 Å². The number of thioether (sulfide) groups is 1. The molecular weight excluding hydrogens is 723 g/mol. The van der Waals surface area contributed by atoms with E-state index in [-0.39, 0.29) is 29.4 Å². The molecule has 3 aromatic carbocycles. The highest BCUT2D eigenvalue weighted by molar-refractivity contribution is 7.99. The van der Waals surface area contributed by atoms with E-state index >= 15 is 0 Å². The number of aromatic nitrogens is 3. The lowest BCUT2D eigenvalue weighted by Crippen LogP contribution is -2.46. The summed E-state index contributed by atoms with van der Waals surface area (Å²) in [5.74, 6) is -0.678. The van der Waals surface area contributed by atoms with Crippen molar-refractivity contribution in [2.75, 3.05) is 19.5 Å². The van der Waals surface area contributed by atoms with Crippen molar-refractivity contribution in [2.24, 2.45) is 0 Å². The van der Waals surface area contributed by atoms with E-state index in [1.807, 2.05) is 60.7 Å². The van der Waals surface area contributed by atoms with Crippen LogP contribution in [0.1, 0.15) is 28.2 Å². The van der Waals surface area contributed by atoms with Crippen molar-refractivity contribution in [2.45, 2.75) is 40.8 Å². The summed E-state index contributed by atoms with van der Waals surface area (Å²) in [5.41, 5.74) is 5.09. The number of hydrogen-bond donors (Lipinski definition) is 2. The first-order valence-electron chi connectivity index (χ1n) is 16.2. The van der Waals surface area contributed by atoms with Gasteiger partial charge < -0.3 is 19.7 Å². The molecule has 12 nitrogen and oxygen atoms in total. The Morgan fingerprint density at radius 2 is 1.75 bits per heavy atom. The van der Waals surface area contributed by atoms with Crippen LogP contribution in [-0.4, -0.2) is 76.4 Å². The minimum Gasteiger partial charge on any atom is -0.453 e. The van der Waals surface area contributed by atoms with Gasteiger partial charge in [-0.15, -0.1) is 23.1 Å². The van der Waals surface area contributed by atoms with Gasteiger partial charge in [-0.3, -0.25) is 9.78 Å². The number of carbonyl (C=O) groups is 2. The van der Waals surface area contributed by atoms with Gasteiger partial charge in [0.2, 0.25) is 10.0 Å². The third kappa shape index (κ3) is 8.57. The highest BCUT2D eigenvalue weighted by atomic mass is 32.2. The van der Waals surface area contributed by atoms with Crippen LogP contribution in [0.15, 0.2) is 130 Å². The second-order valence-corrected chi connectivity index (χ2v) is 15.6. The van der Waals surface area contributed by atoms with E-state index in [0.717, 1.165) is 11.1 Å². The Morgan fingerprint density at radius 1 is 1.02 bits per heavy atom. The van der Waals surface area contributed by atoms with Crippen LogP contribution in [0, 0.1) is 0 Å². The van der Waals surface area contributed by atoms with E-state index in [1.165, 1.54) is 53.0 Å². The lowest BCUT2D eigenvalue weighted by atomic mass is 9.82. The topological polar surface area (TPSA) is 165 Å². The normalized spacial score (nSPS) is 12.9. The maximum absolute atomic E-state index is 14.3. The van der Waals surface area contributed by atoms with Gasteiger partial charge in [0.25, 0.3) is 0 Å². The first kappa shape index (κ1) is 36.8. The number of carbonyl (C=O) groups excluding carboxylic acids is 2. The number of thiazole rings is 1. The standard InChI is InChI=1S/C37H35N5O7S3/c1-48-37(45)41-36(35(26-8-4-2-5-9-26)27-10-6-3-7-11-27)32(44)16-28-19-38-15-14-33(28)50-23-29(21-43)42(20-25-18-40-49-22-25)52(46,47)30-12-13-31-34(17-30)51-24-39-31/h2-15,17-19,22,24,29,35-36,43H,16,20-21,23H2,1H3,(H,41,45)/t29-,36-/m1/s1. The molecule has 52 heavy (non-hydrogen) atoms. The summed E-state index contributed by atoms with van der Waals surface area (Å²) in [4.78, 5) is 36.2. The predicted molar refractivity (Wildman–Crippen MR) is 197 cm³/mol. The molecule has 0 bridgehead atoms. The van der Waals surface area contributed by atoms with Gasteiger partial charge in [-0.2, -0.15) is 4.31 Å². The number of aliphatic hydroxyl groups is 1. The number of sulfonamides is 1. The van der Waals surface area contributed by atoms with Crippen LogP contribution in [0.5, 0.6) is 0 Å². The van der Waals surface area contributed by atoms with Crippen LogP contribution in [0.2, 0.25) is 0 Å². The number of rotatable bonds is 16. The molecule has 268 valence electrons. The smallest absolute Gasteiger partial charge is 0.407 e. The molecule has 0 aliphatic heterocycles. The number of pyridine rings is 1. The van der Waals surface area contributed by atoms with E-state index in [2.05, 4.69) is 20.4 Å². The second kappa shape index (κ2) is 17.1. The van der Waals surface area contributed by atoms with Crippen molar-refractivity contribution < 1.29 is 32.4 Å². The Labute approximate surface area is 308 Å². The SMILES string of the molecule is COC(=O)N[C@H](C(=O)Cc1cnccc1SC[C@@H](CO)N(Cc1cnoc1)S(=O)(=O)c1ccc2ncsc2c1)C(c1ccccc1)c1ccccc1. The summed E-state index contributed by atoms with van der Waals surface area (Å²) in [6, 6.07) is 23.5. The van der Waals surface area contributed by atoms with Crippen molar-refractivity contribution in [3.05, 3.63) is 138 Å². The van der Waals surface area contributed by atoms with Crippen LogP contribution in [0.3, 0.4) is 0 Å². The van der Waals surface area contributed by atoms with Gasteiger partial charge in [0.05, 0.1) is 46.6 Å². The van der Waals surface area contributed by atoms with Gasteiger partial charge in [0, 0.05) is 47.5 Å². The van der Waals surface area contributed by atoms with Crippen LogP contribution < -0.4 is 5.32 Å². The number of fused-ring (bicyclic) bond motifs is 1. The summed E-state index contributed by atoms with van der Waals surface area (Å²) >= 11 is 2.62. The van der Waals surface area contributed by atoms with Gasteiger partial charge in [0.15, 0.2) is 5.78 Å². The minimum absolute atomic E-state index is 0.0647. The zero-order valence-electron chi connectivity index (χ0n) is 27.9. The number of Topliss-reactive ketones (excluding diaryl/α,β-unsaturated/α-hetero) is 1. The van der Waals surface area contributed by atoms with Gasteiger partial charge in [-0.1, -0.05) is 65.8 Å². The quantitative estimate of drug-likeness (QED) is 0.117. The fourth-order valence-corrected chi connectivity index (χ4v) is 9.50. The molecule has 3 heterocycles. The second-order valence-electron chi connectivity index (χ2n) is 11.8. The number of nitrogens with zero attached hydrogens (tertiary/aromatic N) is 4. The molecule has 2 N–H and O–H groups in total. The van der Waals surface area contributed by atoms with Crippen LogP contribution >= 0.6 is 23.1 Å². The van der Waals surface area contributed by atoms with Crippen LogP contribution in [0.25, 0.3) is 10.2 Å². The molecule has 15 heteroatoms. The number of ether oxygens (including phenoxy) is 1. The molecule has 0 spiro atoms. The van der Waals surface area contributed by atoms with Crippen LogP contribution in [0.4, 0.5) is 4.79 Å². The Balaban J connectivity index is 1.27. The molecular formula is C37H35N5O7S3. The third-order valence-corrected chi connectivity index (χ3v) is 12.4. The number of amides is 1. The molecule has 0 aliphatic carbocycles. The Morgan fingerprint density at radius 3 is 2.40 bits per heavy atom. The Bertz CT molecular complexity index is 2160. The fourth-order valence-electron chi connectivity index (χ4n) is 5.86. The van der Waals surface area contributed by atoms with E-state index < -0.39 is 40.7 Å². The largest absolute Gasteiger partial charge is 0.453 e. The number of nitrogens with one attached hydrogen (secondary N) is 1. The average Bonchev–Trinajstić information content (AvgIpc) is 3.88. The Kier molecular flexibility index (Phi) is 12.1. The van der Waals surface area contributed by atoms with Crippen molar-refractivity contribution >= 4 is 55.2 Å². The van der Waals surface area contributed by atoms with E-state index in [9.17, 15) is 23.1 Å². The maximum atomic E-state index is 14.3. The molecule has 2 atom stereocenters. The lowest BCUT2D eigenvalue weighted by Gasteiger charge is -2.29. The molecule has 0 saturated heterocycles. The van der Waals surface area contributed by atoms with Crippen molar-refractivity contribution in [3.63, 3.8) is 0 Å². The molecule has 3 aromatic heterocycles. The summed E-state index contributed by atoms with van der Waals surface area (Å²) in [5, 5.41) is 17.1. The van der Waals surface area contributed by atoms with Gasteiger partial charge in [-0.25, -0.2) is 18.2 Å². The third-order valence-electron chi connectivity index (χ3n) is 8.46. The lowest BCUT2D eigenvalue weighted by molar-refractivity contribution is -0.120. The minimum atomic E-state index is -4.13.